The number of nitrogens with zero attached hydrogens (tertiary/aromatic N) is 3. The van der Waals surface area contributed by atoms with Gasteiger partial charge in [0.1, 0.15) is 5.82 Å². The minimum absolute atomic E-state index is 0. The molecule has 0 bridgehead atoms. The van der Waals surface area contributed by atoms with Crippen LogP contribution in [0.5, 0.6) is 0 Å². The Labute approximate surface area is 174 Å². The molecule has 1 aromatic rings. The number of hydrogen-bond acceptors (Lipinski definition) is 3. The van der Waals surface area contributed by atoms with Gasteiger partial charge in [-0.1, -0.05) is 25.1 Å². The zero-order chi connectivity index (χ0) is 17.9. The third kappa shape index (κ3) is 8.18. The van der Waals surface area contributed by atoms with Crippen LogP contribution in [0.25, 0.3) is 0 Å². The second-order valence-electron chi connectivity index (χ2n) is 6.30. The third-order valence-corrected chi connectivity index (χ3v) is 4.59. The highest BCUT2D eigenvalue weighted by Crippen LogP contribution is 2.06. The lowest BCUT2D eigenvalue weighted by Crippen LogP contribution is -2.47. The highest BCUT2D eigenvalue weighted by atomic mass is 127. The molecule has 0 radical (unpaired) electrons. The predicted octanol–water partition coefficient (Wildman–Crippen LogP) is 2.18. The van der Waals surface area contributed by atoms with Gasteiger partial charge in [0, 0.05) is 45.8 Å². The van der Waals surface area contributed by atoms with Crippen molar-refractivity contribution in [1.29, 1.82) is 0 Å². The fourth-order valence-corrected chi connectivity index (χ4v) is 2.99. The van der Waals surface area contributed by atoms with Crippen molar-refractivity contribution in [3.63, 3.8) is 0 Å². The van der Waals surface area contributed by atoms with Crippen molar-refractivity contribution >= 4 is 29.9 Å². The van der Waals surface area contributed by atoms with Gasteiger partial charge < -0.3 is 15.5 Å². The first-order valence-electron chi connectivity index (χ1n) is 9.43. The molecule has 1 aliphatic heterocycles. The van der Waals surface area contributed by atoms with Crippen LogP contribution < -0.4 is 10.6 Å². The highest BCUT2D eigenvalue weighted by Gasteiger charge is 2.14. The van der Waals surface area contributed by atoms with E-state index in [2.05, 4.69) is 39.3 Å². The molecule has 0 atom stereocenters. The van der Waals surface area contributed by atoms with Crippen LogP contribution in [-0.4, -0.2) is 74.7 Å². The summed E-state index contributed by atoms with van der Waals surface area (Å²) in [5.74, 6) is 0.670. The van der Waals surface area contributed by atoms with Gasteiger partial charge >= 0.3 is 0 Å². The van der Waals surface area contributed by atoms with Gasteiger partial charge in [0.25, 0.3) is 0 Å². The van der Waals surface area contributed by atoms with Crippen LogP contribution in [0.3, 0.4) is 0 Å². The number of guanidine groups is 1. The van der Waals surface area contributed by atoms with Crippen LogP contribution >= 0.6 is 24.0 Å². The van der Waals surface area contributed by atoms with Gasteiger partial charge in [0.05, 0.1) is 6.54 Å². The van der Waals surface area contributed by atoms with Crippen molar-refractivity contribution < 1.29 is 4.39 Å². The molecule has 0 saturated carbocycles. The van der Waals surface area contributed by atoms with Crippen molar-refractivity contribution in [2.45, 2.75) is 20.3 Å². The Hall–Kier alpha value is -0.930. The molecule has 26 heavy (non-hydrogen) atoms. The second kappa shape index (κ2) is 13.3. The Bertz CT molecular complexity index is 532. The number of hydrogen-bond donors (Lipinski definition) is 2. The molecule has 1 aromatic carbocycles. The van der Waals surface area contributed by atoms with Gasteiger partial charge in [-0.05, 0) is 31.5 Å². The molecular formula is C19H33FIN5. The molecular weight excluding hydrogens is 444 g/mol. The topological polar surface area (TPSA) is 42.9 Å². The summed E-state index contributed by atoms with van der Waals surface area (Å²) in [5, 5.41) is 6.55. The van der Waals surface area contributed by atoms with Gasteiger partial charge in [0.2, 0.25) is 0 Å². The minimum atomic E-state index is -0.141. The smallest absolute Gasteiger partial charge is 0.191 e. The van der Waals surface area contributed by atoms with E-state index in [9.17, 15) is 4.39 Å². The summed E-state index contributed by atoms with van der Waals surface area (Å²) in [6.07, 6.45) is 0.649. The zero-order valence-electron chi connectivity index (χ0n) is 16.0. The van der Waals surface area contributed by atoms with E-state index in [0.717, 1.165) is 63.9 Å². The summed E-state index contributed by atoms with van der Waals surface area (Å²) in [6.45, 7) is 13.2. The van der Waals surface area contributed by atoms with Crippen LogP contribution in [0, 0.1) is 5.82 Å². The average molecular weight is 477 g/mol. The molecule has 0 unspecified atom stereocenters. The van der Waals surface area contributed by atoms with Crippen molar-refractivity contribution in [3.05, 3.63) is 35.6 Å². The number of nitrogens with one attached hydrogen (secondary N) is 2. The molecule has 0 aliphatic carbocycles. The first-order valence-corrected chi connectivity index (χ1v) is 9.43. The molecule has 5 nitrogen and oxygen atoms in total. The maximum atomic E-state index is 13.6. The van der Waals surface area contributed by atoms with Gasteiger partial charge in [-0.25, -0.2) is 4.39 Å². The summed E-state index contributed by atoms with van der Waals surface area (Å²) in [7, 11) is 0. The lowest BCUT2D eigenvalue weighted by Gasteiger charge is -2.33. The maximum absolute atomic E-state index is 13.6. The summed E-state index contributed by atoms with van der Waals surface area (Å²) in [5.41, 5.74) is 0.736. The molecule has 0 spiro atoms. The van der Waals surface area contributed by atoms with E-state index >= 15 is 0 Å². The van der Waals surface area contributed by atoms with Crippen LogP contribution in [0.2, 0.25) is 0 Å². The quantitative estimate of drug-likeness (QED) is 0.342. The van der Waals surface area contributed by atoms with E-state index in [-0.39, 0.29) is 29.8 Å². The minimum Gasteiger partial charge on any atom is -0.357 e. The fourth-order valence-electron chi connectivity index (χ4n) is 2.99. The van der Waals surface area contributed by atoms with Gasteiger partial charge in [-0.15, -0.1) is 24.0 Å². The maximum Gasteiger partial charge on any atom is 0.191 e. The Balaban J connectivity index is 0.00000338. The van der Waals surface area contributed by atoms with Crippen LogP contribution in [0.4, 0.5) is 4.39 Å². The molecule has 148 valence electrons. The van der Waals surface area contributed by atoms with Crippen LogP contribution in [0.15, 0.2) is 29.3 Å². The Kier molecular flexibility index (Phi) is 11.8. The molecule has 7 heteroatoms. The summed E-state index contributed by atoms with van der Waals surface area (Å²) >= 11 is 0. The molecule has 1 fully saturated rings. The van der Waals surface area contributed by atoms with E-state index < -0.39 is 0 Å². The van der Waals surface area contributed by atoms with Gasteiger partial charge in [-0.2, -0.15) is 0 Å². The van der Waals surface area contributed by atoms with E-state index in [1.165, 1.54) is 6.07 Å². The molecule has 2 rings (SSSR count). The van der Waals surface area contributed by atoms with E-state index in [1.54, 1.807) is 6.07 Å². The monoisotopic (exact) mass is 477 g/mol. The molecule has 0 aromatic heterocycles. The Morgan fingerprint density at radius 1 is 1.08 bits per heavy atom. The standard InChI is InChI=1S/C19H32FN5.HI/c1-3-21-19(22-10-9-17-7-5-6-8-18(17)20)23-11-12-25-15-13-24(4-2)14-16-25;/h5-8H,3-4,9-16H2,1-2H3,(H2,21,22,23);1H. The average Bonchev–Trinajstić information content (AvgIpc) is 2.64. The molecule has 1 saturated heterocycles. The van der Waals surface area contributed by atoms with Crippen molar-refractivity contribution in [2.75, 3.05) is 58.9 Å². The number of likely N-dealkylation sites (N-methyl/N-ethyl adjacent to an activating group) is 1. The van der Waals surface area contributed by atoms with Crippen molar-refractivity contribution in [3.8, 4) is 0 Å². The van der Waals surface area contributed by atoms with Crippen molar-refractivity contribution in [1.82, 2.24) is 20.4 Å². The first-order chi connectivity index (χ1) is 12.2. The van der Waals surface area contributed by atoms with E-state index in [0.29, 0.717) is 13.0 Å². The predicted molar refractivity (Wildman–Crippen MR) is 118 cm³/mol. The molecule has 1 heterocycles. The molecule has 0 amide bonds. The van der Waals surface area contributed by atoms with Crippen molar-refractivity contribution in [2.24, 2.45) is 4.99 Å². The van der Waals surface area contributed by atoms with E-state index in [1.807, 2.05) is 12.1 Å². The van der Waals surface area contributed by atoms with Crippen LogP contribution in [0.1, 0.15) is 19.4 Å². The highest BCUT2D eigenvalue weighted by molar-refractivity contribution is 14.0. The molecule has 1 aliphatic rings. The largest absolute Gasteiger partial charge is 0.357 e. The van der Waals surface area contributed by atoms with Crippen LogP contribution in [-0.2, 0) is 6.42 Å². The molecule has 2 N–H and O–H groups in total. The summed E-state index contributed by atoms with van der Waals surface area (Å²) < 4.78 is 13.6. The lowest BCUT2D eigenvalue weighted by atomic mass is 10.1. The normalized spacial score (nSPS) is 16.2. The number of aliphatic imine (C=N–C) groups is 1. The number of rotatable bonds is 8. The third-order valence-electron chi connectivity index (χ3n) is 4.59. The SMILES string of the molecule is CCNC(=NCCN1CCN(CC)CC1)NCCc1ccccc1F.I. The summed E-state index contributed by atoms with van der Waals surface area (Å²) in [6, 6.07) is 6.93. The number of benzene rings is 1. The Morgan fingerprint density at radius 3 is 2.42 bits per heavy atom. The van der Waals surface area contributed by atoms with Gasteiger partial charge in [-0.3, -0.25) is 9.89 Å². The Morgan fingerprint density at radius 2 is 1.77 bits per heavy atom. The fraction of sp³-hybridized carbons (Fsp3) is 0.632. The zero-order valence-corrected chi connectivity index (χ0v) is 18.3. The van der Waals surface area contributed by atoms with Gasteiger partial charge in [0.15, 0.2) is 5.96 Å². The first kappa shape index (κ1) is 23.1. The number of piperazine rings is 1. The van der Waals surface area contributed by atoms with E-state index in [4.69, 9.17) is 0 Å². The summed E-state index contributed by atoms with van der Waals surface area (Å²) in [4.78, 5) is 9.60. The second-order valence-corrected chi connectivity index (χ2v) is 6.30. The lowest BCUT2D eigenvalue weighted by molar-refractivity contribution is 0.140. The number of halogens is 2.